The number of hydrogen-bond donors (Lipinski definition) is 0. The van der Waals surface area contributed by atoms with Crippen LogP contribution in [0.4, 0.5) is 0 Å². The van der Waals surface area contributed by atoms with Crippen LogP contribution in [-0.4, -0.2) is 79.9 Å². The van der Waals surface area contributed by atoms with E-state index < -0.39 is 11.6 Å². The first kappa shape index (κ1) is 38.2. The third-order valence-corrected chi connectivity index (χ3v) is 9.39. The lowest BCUT2D eigenvalue weighted by molar-refractivity contribution is -0.144. The highest BCUT2D eigenvalue weighted by atomic mass is 32.2. The van der Waals surface area contributed by atoms with Crippen molar-refractivity contribution in [3.63, 3.8) is 0 Å². The maximum Gasteiger partial charge on any atom is 0.330 e. The summed E-state index contributed by atoms with van der Waals surface area (Å²) in [5.74, 6) is 4.32. The minimum Gasteiger partial charge on any atom is -0.490 e. The highest BCUT2D eigenvalue weighted by Crippen LogP contribution is 2.34. The van der Waals surface area contributed by atoms with Crippen molar-refractivity contribution in [1.82, 2.24) is 0 Å². The molecule has 0 bridgehead atoms. The second kappa shape index (κ2) is 21.0. The van der Waals surface area contributed by atoms with E-state index in [4.69, 9.17) is 23.7 Å². The topological polar surface area (TPSA) is 97.4 Å². The Labute approximate surface area is 276 Å². The van der Waals surface area contributed by atoms with Crippen LogP contribution < -0.4 is 9.47 Å². The number of aldehydes is 1. The van der Waals surface area contributed by atoms with Gasteiger partial charge in [-0.2, -0.15) is 23.5 Å². The number of thioether (sulfide) groups is 2. The zero-order chi connectivity index (χ0) is 33.0. The maximum atomic E-state index is 11.9. The molecule has 0 aliphatic rings. The summed E-state index contributed by atoms with van der Waals surface area (Å²) in [4.78, 5) is 33.4. The lowest BCUT2D eigenvalue weighted by Gasteiger charge is -2.30. The predicted molar refractivity (Wildman–Crippen MR) is 183 cm³/mol. The van der Waals surface area contributed by atoms with E-state index >= 15 is 0 Å². The monoisotopic (exact) mass is 660 g/mol. The van der Waals surface area contributed by atoms with Gasteiger partial charge in [-0.3, -0.25) is 4.79 Å². The molecule has 2 aromatic rings. The van der Waals surface area contributed by atoms with Gasteiger partial charge in [-0.1, -0.05) is 51.6 Å². The summed E-state index contributed by atoms with van der Waals surface area (Å²) in [7, 11) is 0. The normalized spacial score (nSPS) is 12.5. The van der Waals surface area contributed by atoms with Crippen molar-refractivity contribution in [3.8, 4) is 11.5 Å². The molecule has 45 heavy (non-hydrogen) atoms. The van der Waals surface area contributed by atoms with Crippen LogP contribution in [0.5, 0.6) is 11.5 Å². The van der Waals surface area contributed by atoms with E-state index in [0.29, 0.717) is 26.1 Å². The summed E-state index contributed by atoms with van der Waals surface area (Å²) in [5, 5.41) is 0. The Bertz CT molecular complexity index is 1170. The molecule has 1 unspecified atom stereocenters. The molecule has 0 radical (unpaired) electrons. The highest BCUT2D eigenvalue weighted by Gasteiger charge is 2.26. The third-order valence-electron chi connectivity index (χ3n) is 7.13. The second-order valence-corrected chi connectivity index (χ2v) is 13.5. The van der Waals surface area contributed by atoms with Gasteiger partial charge in [-0.25, -0.2) is 4.79 Å². The number of hydrogen-bond acceptors (Lipinski definition) is 10. The van der Waals surface area contributed by atoms with Gasteiger partial charge in [0.25, 0.3) is 0 Å². The van der Waals surface area contributed by atoms with Crippen LogP contribution >= 0.6 is 23.5 Å². The SMILES string of the molecule is C=CC(=O)OCCOCC(C)(CC)Oc1ccc(C(C)(C)c2ccc(OCCOC(=O)CCSCCSCCC=O)cc2)cc1. The van der Waals surface area contributed by atoms with Crippen LogP contribution in [0.25, 0.3) is 0 Å². The van der Waals surface area contributed by atoms with Gasteiger partial charge in [0.1, 0.15) is 43.2 Å². The van der Waals surface area contributed by atoms with Crippen molar-refractivity contribution in [2.75, 3.05) is 56.0 Å². The Morgan fingerprint density at radius 2 is 1.40 bits per heavy atom. The number of carbonyl (C=O) groups excluding carboxylic acids is 3. The van der Waals surface area contributed by atoms with Crippen molar-refractivity contribution in [3.05, 3.63) is 72.3 Å². The predicted octanol–water partition coefficient (Wildman–Crippen LogP) is 6.67. The number of rotatable bonds is 24. The lowest BCUT2D eigenvalue weighted by Crippen LogP contribution is -2.37. The smallest absolute Gasteiger partial charge is 0.330 e. The Morgan fingerprint density at radius 1 is 0.800 bits per heavy atom. The van der Waals surface area contributed by atoms with Crippen LogP contribution in [0.2, 0.25) is 0 Å². The number of carbonyl (C=O) groups is 3. The third kappa shape index (κ3) is 14.8. The summed E-state index contributed by atoms with van der Waals surface area (Å²) in [6.07, 6.45) is 3.78. The molecule has 0 aliphatic carbocycles. The van der Waals surface area contributed by atoms with Crippen LogP contribution in [-0.2, 0) is 34.0 Å². The van der Waals surface area contributed by atoms with E-state index in [1.54, 1.807) is 23.5 Å². The van der Waals surface area contributed by atoms with E-state index in [1.165, 1.54) is 0 Å². The van der Waals surface area contributed by atoms with Gasteiger partial charge in [0.05, 0.1) is 19.6 Å². The zero-order valence-electron chi connectivity index (χ0n) is 27.0. The molecule has 10 heteroatoms. The average Bonchev–Trinajstić information content (AvgIpc) is 3.04. The first-order valence-corrected chi connectivity index (χ1v) is 17.6. The molecule has 0 saturated carbocycles. The molecular formula is C35H48O8S2. The van der Waals surface area contributed by atoms with Crippen molar-refractivity contribution in [2.45, 2.75) is 58.0 Å². The largest absolute Gasteiger partial charge is 0.490 e. The first-order chi connectivity index (χ1) is 21.6. The van der Waals surface area contributed by atoms with Crippen LogP contribution in [0, 0.1) is 0 Å². The van der Waals surface area contributed by atoms with E-state index in [2.05, 4.69) is 44.7 Å². The Balaban J connectivity index is 1.75. The molecule has 0 amide bonds. The van der Waals surface area contributed by atoms with E-state index in [9.17, 15) is 14.4 Å². The molecule has 2 aromatic carbocycles. The summed E-state index contributed by atoms with van der Waals surface area (Å²) in [6, 6.07) is 16.1. The fourth-order valence-corrected chi connectivity index (χ4v) is 6.03. The minimum absolute atomic E-state index is 0.170. The van der Waals surface area contributed by atoms with E-state index in [0.717, 1.165) is 64.4 Å². The molecule has 0 saturated heterocycles. The molecule has 0 N–H and O–H groups in total. The minimum atomic E-state index is -0.523. The summed E-state index contributed by atoms with van der Waals surface area (Å²) in [5.41, 5.74) is 1.51. The quantitative estimate of drug-likeness (QED) is 0.0526. The van der Waals surface area contributed by atoms with Gasteiger partial charge >= 0.3 is 11.9 Å². The Morgan fingerprint density at radius 3 is 2.00 bits per heavy atom. The van der Waals surface area contributed by atoms with Crippen molar-refractivity contribution in [2.24, 2.45) is 0 Å². The Hall–Kier alpha value is -2.95. The second-order valence-electron chi connectivity index (χ2n) is 11.0. The van der Waals surface area contributed by atoms with E-state index in [1.807, 2.05) is 38.1 Å². The molecular weight excluding hydrogens is 613 g/mol. The van der Waals surface area contributed by atoms with E-state index in [-0.39, 0.29) is 31.2 Å². The molecule has 0 aromatic heterocycles. The number of benzene rings is 2. The van der Waals surface area contributed by atoms with Crippen molar-refractivity contribution >= 4 is 41.7 Å². The van der Waals surface area contributed by atoms with Crippen LogP contribution in [0.1, 0.15) is 58.1 Å². The van der Waals surface area contributed by atoms with Crippen molar-refractivity contribution in [1.29, 1.82) is 0 Å². The average molecular weight is 661 g/mol. The first-order valence-electron chi connectivity index (χ1n) is 15.3. The molecule has 8 nitrogen and oxygen atoms in total. The number of esters is 2. The van der Waals surface area contributed by atoms with Gasteiger partial charge in [0, 0.05) is 35.2 Å². The van der Waals surface area contributed by atoms with Crippen molar-refractivity contribution < 1.29 is 38.1 Å². The fraction of sp³-hybridized carbons (Fsp3) is 0.514. The molecule has 248 valence electrons. The standard InChI is InChI=1S/C35H48O8S2/c1-6-32(37)41-20-19-39-27-35(5,7-2)43-31-15-11-29(12-16-31)34(3,4)28-9-13-30(14-10-28)40-21-22-42-33(38)17-24-45-26-25-44-23-8-18-36/h6,9-16,18H,1,7-8,17,19-27H2,2-5H3. The van der Waals surface area contributed by atoms with Gasteiger partial charge < -0.3 is 28.5 Å². The zero-order valence-corrected chi connectivity index (χ0v) is 28.7. The molecule has 0 aliphatic heterocycles. The lowest BCUT2D eigenvalue weighted by atomic mass is 9.78. The maximum absolute atomic E-state index is 11.9. The molecule has 0 spiro atoms. The molecule has 0 fully saturated rings. The molecule has 1 atom stereocenters. The van der Waals surface area contributed by atoms with Crippen LogP contribution in [0.3, 0.4) is 0 Å². The van der Waals surface area contributed by atoms with Gasteiger partial charge in [-0.05, 0) is 54.5 Å². The molecule has 2 rings (SSSR count). The fourth-order valence-electron chi connectivity index (χ4n) is 4.11. The van der Waals surface area contributed by atoms with Crippen LogP contribution in [0.15, 0.2) is 61.2 Å². The summed E-state index contributed by atoms with van der Waals surface area (Å²) in [6.45, 7) is 13.1. The number of ether oxygens (including phenoxy) is 5. The van der Waals surface area contributed by atoms with Gasteiger partial charge in [0.15, 0.2) is 0 Å². The highest BCUT2D eigenvalue weighted by molar-refractivity contribution is 8.02. The Kier molecular flexibility index (Phi) is 17.8. The van der Waals surface area contributed by atoms with Gasteiger partial charge in [-0.15, -0.1) is 0 Å². The van der Waals surface area contributed by atoms with Gasteiger partial charge in [0.2, 0.25) is 0 Å². The molecule has 0 heterocycles. The summed E-state index contributed by atoms with van der Waals surface area (Å²) < 4.78 is 28.0. The summed E-state index contributed by atoms with van der Waals surface area (Å²) >= 11 is 3.47.